The Labute approximate surface area is 114 Å². The molecule has 0 radical (unpaired) electrons. The summed E-state index contributed by atoms with van der Waals surface area (Å²) in [6.45, 7) is 8.14. The molecular weight excluding hydrogens is 236 g/mol. The predicted octanol–water partition coefficient (Wildman–Crippen LogP) is 3.13. The number of hydrogen-bond donors (Lipinski definition) is 2. The average Bonchev–Trinajstić information content (AvgIpc) is 2.73. The quantitative estimate of drug-likeness (QED) is 0.884. The van der Waals surface area contributed by atoms with Gasteiger partial charge in [-0.15, -0.1) is 0 Å². The van der Waals surface area contributed by atoms with E-state index in [0.29, 0.717) is 5.75 Å². The minimum absolute atomic E-state index is 0.132. The average molecular weight is 258 g/mol. The van der Waals surface area contributed by atoms with Gasteiger partial charge in [0.25, 0.3) is 0 Å². The molecule has 102 valence electrons. The van der Waals surface area contributed by atoms with E-state index < -0.39 is 0 Å². The van der Waals surface area contributed by atoms with Crippen molar-refractivity contribution in [2.24, 2.45) is 0 Å². The monoisotopic (exact) mass is 258 g/mol. The van der Waals surface area contributed by atoms with Gasteiger partial charge in [-0.2, -0.15) is 0 Å². The number of rotatable bonds is 4. The van der Waals surface area contributed by atoms with Crippen molar-refractivity contribution in [3.63, 3.8) is 0 Å². The Balaban J connectivity index is 1.97. The van der Waals surface area contributed by atoms with E-state index in [1.165, 1.54) is 5.56 Å². The molecule has 0 aliphatic rings. The van der Waals surface area contributed by atoms with Crippen molar-refractivity contribution in [3.05, 3.63) is 53.9 Å². The summed E-state index contributed by atoms with van der Waals surface area (Å²) in [6, 6.07) is 9.51. The molecular formula is C16H22N2O. The Hall–Kier alpha value is -1.74. The topological polar surface area (TPSA) is 37.2 Å². The van der Waals surface area contributed by atoms with Gasteiger partial charge in [0.2, 0.25) is 0 Å². The van der Waals surface area contributed by atoms with Crippen LogP contribution in [0.1, 0.15) is 31.9 Å². The van der Waals surface area contributed by atoms with Crippen LogP contribution in [0.4, 0.5) is 0 Å². The lowest BCUT2D eigenvalue weighted by molar-refractivity contribution is 0.424. The van der Waals surface area contributed by atoms with Crippen LogP contribution in [0.5, 0.6) is 5.75 Å². The first-order valence-corrected chi connectivity index (χ1v) is 6.60. The molecule has 1 aromatic heterocycles. The fourth-order valence-corrected chi connectivity index (χ4v) is 1.93. The normalized spacial score (nSPS) is 11.7. The van der Waals surface area contributed by atoms with Gasteiger partial charge in [-0.3, -0.25) is 0 Å². The highest BCUT2D eigenvalue weighted by Gasteiger charge is 2.08. The van der Waals surface area contributed by atoms with E-state index in [1.807, 2.05) is 12.1 Å². The van der Waals surface area contributed by atoms with Gasteiger partial charge in [0.05, 0.1) is 0 Å². The molecule has 3 heteroatoms. The maximum absolute atomic E-state index is 9.45. The number of hydrogen-bond acceptors (Lipinski definition) is 2. The Morgan fingerprint density at radius 3 is 2.63 bits per heavy atom. The van der Waals surface area contributed by atoms with Crippen molar-refractivity contribution in [2.45, 2.75) is 39.4 Å². The molecule has 2 N–H and O–H groups in total. The molecule has 0 spiro atoms. The van der Waals surface area contributed by atoms with Gasteiger partial charge in [0.1, 0.15) is 5.75 Å². The largest absolute Gasteiger partial charge is 0.508 e. The molecule has 0 bridgehead atoms. The first-order chi connectivity index (χ1) is 8.92. The molecule has 2 rings (SSSR count). The minimum atomic E-state index is 0.132. The lowest BCUT2D eigenvalue weighted by Crippen LogP contribution is -2.34. The van der Waals surface area contributed by atoms with E-state index in [4.69, 9.17) is 0 Å². The molecule has 0 aliphatic heterocycles. The summed E-state index contributed by atoms with van der Waals surface area (Å²) >= 11 is 0. The Morgan fingerprint density at radius 2 is 1.95 bits per heavy atom. The predicted molar refractivity (Wildman–Crippen MR) is 78.2 cm³/mol. The number of aromatic nitrogens is 1. The van der Waals surface area contributed by atoms with Crippen molar-refractivity contribution in [2.75, 3.05) is 0 Å². The van der Waals surface area contributed by atoms with Gasteiger partial charge < -0.3 is 15.0 Å². The van der Waals surface area contributed by atoms with E-state index >= 15 is 0 Å². The summed E-state index contributed by atoms with van der Waals surface area (Å²) in [5.41, 5.74) is 2.51. The highest BCUT2D eigenvalue weighted by Crippen LogP contribution is 2.13. The third-order valence-corrected chi connectivity index (χ3v) is 2.91. The molecule has 0 atom stereocenters. The summed E-state index contributed by atoms with van der Waals surface area (Å²) in [4.78, 5) is 0. The van der Waals surface area contributed by atoms with Crippen molar-refractivity contribution >= 4 is 0 Å². The first kappa shape index (κ1) is 13.7. The summed E-state index contributed by atoms with van der Waals surface area (Å²) < 4.78 is 2.13. The molecule has 19 heavy (non-hydrogen) atoms. The van der Waals surface area contributed by atoms with Crippen molar-refractivity contribution in [3.8, 4) is 5.75 Å². The van der Waals surface area contributed by atoms with Crippen LogP contribution in [0.3, 0.4) is 0 Å². The minimum Gasteiger partial charge on any atom is -0.508 e. The molecule has 0 amide bonds. The molecule has 0 saturated carbocycles. The number of aromatic hydroxyl groups is 1. The lowest BCUT2D eigenvalue weighted by atomic mass is 10.1. The third kappa shape index (κ3) is 4.45. The van der Waals surface area contributed by atoms with Gasteiger partial charge in [-0.25, -0.2) is 0 Å². The molecule has 1 heterocycles. The second kappa shape index (κ2) is 5.49. The van der Waals surface area contributed by atoms with Gasteiger partial charge >= 0.3 is 0 Å². The molecule has 0 saturated heterocycles. The number of nitrogens with one attached hydrogen (secondary N) is 1. The van der Waals surface area contributed by atoms with Crippen LogP contribution in [-0.4, -0.2) is 15.2 Å². The van der Waals surface area contributed by atoms with E-state index in [9.17, 15) is 5.11 Å². The molecule has 0 unspecified atom stereocenters. The highest BCUT2D eigenvalue weighted by atomic mass is 16.3. The zero-order valence-electron chi connectivity index (χ0n) is 11.9. The van der Waals surface area contributed by atoms with E-state index in [-0.39, 0.29) is 5.54 Å². The number of nitrogens with zero attached hydrogens (tertiary/aromatic N) is 1. The molecule has 3 nitrogen and oxygen atoms in total. The van der Waals surface area contributed by atoms with Crippen LogP contribution < -0.4 is 5.32 Å². The smallest absolute Gasteiger partial charge is 0.115 e. The highest BCUT2D eigenvalue weighted by molar-refractivity contribution is 5.27. The van der Waals surface area contributed by atoms with Crippen LogP contribution in [0.15, 0.2) is 42.7 Å². The second-order valence-electron chi connectivity index (χ2n) is 5.97. The Bertz CT molecular complexity index is 538. The Morgan fingerprint density at radius 1 is 1.16 bits per heavy atom. The van der Waals surface area contributed by atoms with Crippen LogP contribution in [-0.2, 0) is 13.1 Å². The lowest BCUT2D eigenvalue weighted by Gasteiger charge is -2.19. The van der Waals surface area contributed by atoms with Crippen molar-refractivity contribution < 1.29 is 5.11 Å². The van der Waals surface area contributed by atoms with Crippen LogP contribution in [0.25, 0.3) is 0 Å². The number of benzene rings is 1. The fraction of sp³-hybridized carbons (Fsp3) is 0.375. The third-order valence-electron chi connectivity index (χ3n) is 2.91. The number of phenolic OH excluding ortho intramolecular Hbond substituents is 1. The fourth-order valence-electron chi connectivity index (χ4n) is 1.93. The van der Waals surface area contributed by atoms with Crippen LogP contribution >= 0.6 is 0 Å². The second-order valence-corrected chi connectivity index (χ2v) is 5.97. The van der Waals surface area contributed by atoms with Crippen molar-refractivity contribution in [1.29, 1.82) is 0 Å². The molecule has 0 aliphatic carbocycles. The summed E-state index contributed by atoms with van der Waals surface area (Å²) in [5.74, 6) is 0.319. The zero-order valence-corrected chi connectivity index (χ0v) is 11.9. The molecule has 2 aromatic rings. The van der Waals surface area contributed by atoms with Gasteiger partial charge in [-0.1, -0.05) is 12.1 Å². The molecule has 1 aromatic carbocycles. The zero-order chi connectivity index (χ0) is 13.9. The van der Waals surface area contributed by atoms with Gasteiger partial charge in [0.15, 0.2) is 0 Å². The van der Waals surface area contributed by atoms with E-state index in [1.54, 1.807) is 12.1 Å². The first-order valence-electron chi connectivity index (χ1n) is 6.60. The Kier molecular flexibility index (Phi) is 3.96. The summed E-state index contributed by atoms with van der Waals surface area (Å²) in [5, 5.41) is 12.9. The number of phenols is 1. The van der Waals surface area contributed by atoms with E-state index in [2.05, 4.69) is 49.1 Å². The summed E-state index contributed by atoms with van der Waals surface area (Å²) in [6.07, 6.45) is 4.21. The van der Waals surface area contributed by atoms with E-state index in [0.717, 1.165) is 18.7 Å². The van der Waals surface area contributed by atoms with Crippen LogP contribution in [0.2, 0.25) is 0 Å². The standard InChI is InChI=1S/C16H22N2O/c1-16(2,3)17-10-14-7-8-18(12-14)11-13-5-4-6-15(19)9-13/h4-9,12,17,19H,10-11H2,1-3H3. The SMILES string of the molecule is CC(C)(C)NCc1ccn(Cc2cccc(O)c2)c1. The molecule has 0 fully saturated rings. The van der Waals surface area contributed by atoms with Gasteiger partial charge in [0, 0.05) is 31.0 Å². The maximum atomic E-state index is 9.45. The maximum Gasteiger partial charge on any atom is 0.115 e. The van der Waals surface area contributed by atoms with Crippen molar-refractivity contribution in [1.82, 2.24) is 9.88 Å². The van der Waals surface area contributed by atoms with Gasteiger partial charge in [-0.05, 0) is 50.1 Å². The van der Waals surface area contributed by atoms with Crippen LogP contribution in [0, 0.1) is 0 Å². The summed E-state index contributed by atoms with van der Waals surface area (Å²) in [7, 11) is 0.